The number of nitrogens with zero attached hydrogens (tertiary/aromatic N) is 2. The number of hydrogen-bond acceptors (Lipinski definition) is 15. The summed E-state index contributed by atoms with van der Waals surface area (Å²) in [5, 5.41) is 47.0. The number of thiol groups is 1. The van der Waals surface area contributed by atoms with E-state index in [1.807, 2.05) is 0 Å². The number of amides is 8. The molecule has 0 spiro atoms. The van der Waals surface area contributed by atoms with Crippen molar-refractivity contribution in [3.63, 3.8) is 0 Å². The van der Waals surface area contributed by atoms with Gasteiger partial charge in [-0.05, 0) is 71.6 Å². The lowest BCUT2D eigenvalue weighted by Gasteiger charge is -2.27. The standard InChI is InChI=1S/C40H71N15O14S/c1-18(2)16-26(54-34(64)23(8-6-14-46-39(42)43)51-30(60)19(3)48-33(63)22(41)10-12-28(56)57)36(66)49-20(4)31(61)52-24(11-13-29(58)59)35(65)55-27(17-70)37(67)50-21(5)32(62)53-25(38(68)69)9-7-15-47-40(44)45/h18-27,70H,6-17,41H2,1-5H3,(H,48,63)(H,49,66)(H,50,67)(H,51,60)(H,52,61)(H,53,62)(H,54,64)(H,55,65)(H,56,57)(H,58,59)(H,68,69)(H4,42,43,46)(H4,44,45,47)/t19-,20-,21-,22-,23-,24-,25-,26-,27-/m0/s1. The van der Waals surface area contributed by atoms with Crippen molar-refractivity contribution in [1.29, 1.82) is 0 Å². The average molecular weight is 1020 g/mol. The largest absolute Gasteiger partial charge is 0.481 e. The number of carbonyl (C=O) groups excluding carboxylic acids is 8. The molecular weight excluding hydrogens is 947 g/mol. The number of aliphatic imine (C=N–C) groups is 2. The molecule has 30 heteroatoms. The molecule has 0 aliphatic carbocycles. The molecular formula is C40H71N15O14S. The predicted octanol–water partition coefficient (Wildman–Crippen LogP) is -5.85. The number of aliphatic carboxylic acids is 3. The summed E-state index contributed by atoms with van der Waals surface area (Å²) < 4.78 is 0. The van der Waals surface area contributed by atoms with Gasteiger partial charge in [0.05, 0.1) is 6.04 Å². The number of rotatable bonds is 34. The van der Waals surface area contributed by atoms with E-state index >= 15 is 0 Å². The summed E-state index contributed by atoms with van der Waals surface area (Å²) in [6.07, 6.45) is -1.49. The van der Waals surface area contributed by atoms with Gasteiger partial charge in [0.15, 0.2) is 11.9 Å². The summed E-state index contributed by atoms with van der Waals surface area (Å²) in [6, 6.07) is -12.3. The third-order valence-electron chi connectivity index (χ3n) is 9.84. The van der Waals surface area contributed by atoms with Crippen LogP contribution in [0.1, 0.15) is 92.4 Å². The first-order chi connectivity index (χ1) is 32.6. The Morgan fingerprint density at radius 2 is 0.800 bits per heavy atom. The first kappa shape index (κ1) is 63.0. The highest BCUT2D eigenvalue weighted by molar-refractivity contribution is 7.80. The summed E-state index contributed by atoms with van der Waals surface area (Å²) in [5.74, 6) is -12.1. The van der Waals surface area contributed by atoms with Gasteiger partial charge in [0.2, 0.25) is 47.3 Å². The molecule has 0 aromatic carbocycles. The Labute approximate surface area is 409 Å². The number of guanidine groups is 2. The molecule has 0 heterocycles. The van der Waals surface area contributed by atoms with E-state index in [0.717, 1.165) is 0 Å². The summed E-state index contributed by atoms with van der Waals surface area (Å²) >= 11 is 4.09. The number of hydrogen-bond donors (Lipinski definition) is 17. The van der Waals surface area contributed by atoms with Crippen molar-refractivity contribution in [2.45, 2.75) is 147 Å². The van der Waals surface area contributed by atoms with Gasteiger partial charge in [0, 0.05) is 31.7 Å². The second-order valence-electron chi connectivity index (χ2n) is 16.5. The van der Waals surface area contributed by atoms with Gasteiger partial charge in [-0.2, -0.15) is 12.6 Å². The smallest absolute Gasteiger partial charge is 0.326 e. The van der Waals surface area contributed by atoms with Crippen molar-refractivity contribution in [2.24, 2.45) is 44.6 Å². The van der Waals surface area contributed by atoms with Crippen LogP contribution in [0, 0.1) is 5.92 Å². The molecule has 8 amide bonds. The molecule has 396 valence electrons. The van der Waals surface area contributed by atoms with E-state index in [9.17, 15) is 63.0 Å². The lowest BCUT2D eigenvalue weighted by atomic mass is 10.0. The summed E-state index contributed by atoms with van der Waals surface area (Å²) in [4.78, 5) is 148. The molecule has 29 nitrogen and oxygen atoms in total. The normalized spacial score (nSPS) is 14.7. The van der Waals surface area contributed by atoms with Crippen molar-refractivity contribution >= 4 is 89.7 Å². The van der Waals surface area contributed by atoms with Gasteiger partial charge in [-0.25, -0.2) is 4.79 Å². The fourth-order valence-electron chi connectivity index (χ4n) is 5.96. The van der Waals surface area contributed by atoms with Gasteiger partial charge in [-0.15, -0.1) is 0 Å². The monoisotopic (exact) mass is 1020 g/mol. The maximum absolute atomic E-state index is 13.7. The zero-order valence-corrected chi connectivity index (χ0v) is 40.7. The van der Waals surface area contributed by atoms with Crippen molar-refractivity contribution < 1.29 is 68.1 Å². The second-order valence-corrected chi connectivity index (χ2v) is 16.9. The highest BCUT2D eigenvalue weighted by atomic mass is 32.1. The van der Waals surface area contributed by atoms with E-state index in [2.05, 4.69) is 65.1 Å². The van der Waals surface area contributed by atoms with E-state index in [1.54, 1.807) is 13.8 Å². The van der Waals surface area contributed by atoms with Crippen molar-refractivity contribution in [1.82, 2.24) is 42.5 Å². The van der Waals surface area contributed by atoms with E-state index < -0.39 is 139 Å². The molecule has 21 N–H and O–H groups in total. The van der Waals surface area contributed by atoms with Crippen LogP contribution in [-0.2, 0) is 52.7 Å². The Hall–Kier alpha value is -6.98. The molecule has 0 unspecified atom stereocenters. The maximum Gasteiger partial charge on any atom is 0.326 e. The number of nitrogens with two attached hydrogens (primary N) is 5. The fraction of sp³-hybridized carbons (Fsp3) is 0.675. The van der Waals surface area contributed by atoms with Crippen LogP contribution in [0.25, 0.3) is 0 Å². The molecule has 0 saturated carbocycles. The van der Waals surface area contributed by atoms with E-state index in [1.165, 1.54) is 20.8 Å². The van der Waals surface area contributed by atoms with Crippen molar-refractivity contribution in [3.8, 4) is 0 Å². The Kier molecular flexibility index (Phi) is 29.5. The zero-order valence-electron chi connectivity index (χ0n) is 39.8. The number of nitrogens with one attached hydrogen (secondary N) is 8. The molecule has 70 heavy (non-hydrogen) atoms. The SMILES string of the molecule is CC(C)C[C@H](NC(=O)[C@H](CCCN=C(N)N)NC(=O)[C@H](C)NC(=O)[C@@H](N)CCC(=O)O)C(=O)N[C@@H](C)C(=O)N[C@@H](CCC(=O)O)C(=O)N[C@@H](CS)C(=O)N[C@@H](C)C(=O)N[C@@H](CCCN=C(N)N)C(=O)O. The van der Waals surface area contributed by atoms with Gasteiger partial charge in [-0.1, -0.05) is 13.8 Å². The van der Waals surface area contributed by atoms with E-state index in [4.69, 9.17) is 33.8 Å². The zero-order chi connectivity index (χ0) is 53.8. The molecule has 0 aromatic heterocycles. The lowest BCUT2D eigenvalue weighted by Crippen LogP contribution is -2.60. The van der Waals surface area contributed by atoms with Gasteiger partial charge in [0.1, 0.15) is 48.3 Å². The van der Waals surface area contributed by atoms with Gasteiger partial charge < -0.3 is 86.5 Å². The first-order valence-corrected chi connectivity index (χ1v) is 22.8. The minimum atomic E-state index is -1.60. The van der Waals surface area contributed by atoms with Crippen LogP contribution >= 0.6 is 12.6 Å². The molecule has 0 bridgehead atoms. The second kappa shape index (κ2) is 32.7. The van der Waals surface area contributed by atoms with Crippen LogP contribution in [0.5, 0.6) is 0 Å². The molecule has 0 radical (unpaired) electrons. The molecule has 9 atom stereocenters. The Bertz CT molecular complexity index is 1900. The fourth-order valence-corrected chi connectivity index (χ4v) is 6.21. The molecule has 0 saturated heterocycles. The number of carboxylic acid groups (broad SMARTS) is 3. The summed E-state index contributed by atoms with van der Waals surface area (Å²) in [6.45, 7) is 7.39. The van der Waals surface area contributed by atoms with Crippen LogP contribution in [0.15, 0.2) is 9.98 Å². The lowest BCUT2D eigenvalue weighted by molar-refractivity contribution is -0.142. The quantitative estimate of drug-likeness (QED) is 0.0124. The van der Waals surface area contributed by atoms with E-state index in [-0.39, 0.29) is 75.2 Å². The minimum Gasteiger partial charge on any atom is -0.481 e. The van der Waals surface area contributed by atoms with Crippen LogP contribution in [-0.4, -0.2) is 166 Å². The van der Waals surface area contributed by atoms with Gasteiger partial charge in [-0.3, -0.25) is 57.9 Å². The van der Waals surface area contributed by atoms with Crippen molar-refractivity contribution in [3.05, 3.63) is 0 Å². The van der Waals surface area contributed by atoms with E-state index in [0.29, 0.717) is 0 Å². The van der Waals surface area contributed by atoms with Crippen LogP contribution in [0.2, 0.25) is 0 Å². The molecule has 0 aliphatic rings. The molecule has 0 rings (SSSR count). The Balaban J connectivity index is 6.05. The predicted molar refractivity (Wildman–Crippen MR) is 255 cm³/mol. The maximum atomic E-state index is 13.7. The van der Waals surface area contributed by atoms with Gasteiger partial charge >= 0.3 is 17.9 Å². The number of carboxylic acids is 3. The molecule has 0 fully saturated rings. The third kappa shape index (κ3) is 26.5. The number of carbonyl (C=O) groups is 11. The van der Waals surface area contributed by atoms with Crippen LogP contribution < -0.4 is 71.2 Å². The minimum absolute atomic E-state index is 0.0131. The van der Waals surface area contributed by atoms with Crippen LogP contribution in [0.3, 0.4) is 0 Å². The first-order valence-electron chi connectivity index (χ1n) is 22.2. The summed E-state index contributed by atoms with van der Waals surface area (Å²) in [5.41, 5.74) is 27.1. The van der Waals surface area contributed by atoms with Gasteiger partial charge in [0.25, 0.3) is 0 Å². The highest BCUT2D eigenvalue weighted by Crippen LogP contribution is 2.09. The highest BCUT2D eigenvalue weighted by Gasteiger charge is 2.33. The summed E-state index contributed by atoms with van der Waals surface area (Å²) in [7, 11) is 0. The third-order valence-corrected chi connectivity index (χ3v) is 10.2. The van der Waals surface area contributed by atoms with Crippen LogP contribution in [0.4, 0.5) is 0 Å². The molecule has 0 aromatic rings. The Morgan fingerprint density at radius 1 is 0.457 bits per heavy atom. The average Bonchev–Trinajstić information content (AvgIpc) is 3.26. The Morgan fingerprint density at radius 3 is 1.20 bits per heavy atom. The topological polar surface area (TPSA) is 500 Å². The van der Waals surface area contributed by atoms with Crippen molar-refractivity contribution in [2.75, 3.05) is 18.8 Å². The molecule has 0 aliphatic heterocycles.